The molecule has 2 amide bonds. The van der Waals surface area contributed by atoms with E-state index < -0.39 is 17.5 Å². The second-order valence-electron chi connectivity index (χ2n) is 5.63. The van der Waals surface area contributed by atoms with Crippen LogP contribution < -0.4 is 5.32 Å². The van der Waals surface area contributed by atoms with Crippen molar-refractivity contribution in [3.8, 4) is 0 Å². The molecule has 1 heterocycles. The molecule has 0 aliphatic heterocycles. The second kappa shape index (κ2) is 8.32. The Morgan fingerprint density at radius 1 is 1.12 bits per heavy atom. The highest BCUT2D eigenvalue weighted by Gasteiger charge is 2.15. The van der Waals surface area contributed by atoms with Crippen molar-refractivity contribution < 1.29 is 18.4 Å². The van der Waals surface area contributed by atoms with Crippen LogP contribution in [0.1, 0.15) is 40.5 Å². The van der Waals surface area contributed by atoms with Crippen molar-refractivity contribution in [2.24, 2.45) is 0 Å². The van der Waals surface area contributed by atoms with Crippen LogP contribution in [-0.4, -0.2) is 35.3 Å². The van der Waals surface area contributed by atoms with Gasteiger partial charge in [-0.3, -0.25) is 14.6 Å². The molecule has 0 unspecified atom stereocenters. The third-order valence-electron chi connectivity index (χ3n) is 3.62. The number of aromatic nitrogens is 1. The van der Waals surface area contributed by atoms with Crippen LogP contribution in [0.5, 0.6) is 0 Å². The van der Waals surface area contributed by atoms with Gasteiger partial charge in [-0.15, -0.1) is 0 Å². The topological polar surface area (TPSA) is 62.3 Å². The summed E-state index contributed by atoms with van der Waals surface area (Å²) < 4.78 is 26.1. The Morgan fingerprint density at radius 2 is 1.84 bits per heavy atom. The Balaban J connectivity index is 2.13. The smallest absolute Gasteiger partial charge is 0.257 e. The standard InChI is InChI=1S/C18H19F2N3O2/c1-3-4-7-23(2)18(25)13-8-12(10-21-11-13)17(24)22-14-5-6-15(19)16(20)9-14/h5-6,8-11H,3-4,7H2,1-2H3,(H,22,24). The van der Waals surface area contributed by atoms with Crippen molar-refractivity contribution >= 4 is 17.5 Å². The molecular formula is C18H19F2N3O2. The minimum atomic E-state index is -1.06. The van der Waals surface area contributed by atoms with Gasteiger partial charge in [0.2, 0.25) is 0 Å². The molecule has 0 bridgehead atoms. The number of hydrogen-bond donors (Lipinski definition) is 1. The first-order chi connectivity index (χ1) is 11.9. The van der Waals surface area contributed by atoms with Gasteiger partial charge in [0.25, 0.3) is 11.8 Å². The number of amides is 2. The van der Waals surface area contributed by atoms with E-state index in [1.54, 1.807) is 11.9 Å². The van der Waals surface area contributed by atoms with Crippen LogP contribution >= 0.6 is 0 Å². The van der Waals surface area contributed by atoms with Gasteiger partial charge in [-0.1, -0.05) is 13.3 Å². The number of unbranched alkanes of at least 4 members (excludes halogenated alkanes) is 1. The van der Waals surface area contributed by atoms with E-state index in [2.05, 4.69) is 10.3 Å². The summed E-state index contributed by atoms with van der Waals surface area (Å²) in [7, 11) is 1.69. The number of halogens is 2. The van der Waals surface area contributed by atoms with Gasteiger partial charge in [0, 0.05) is 37.7 Å². The van der Waals surface area contributed by atoms with Crippen LogP contribution in [0.15, 0.2) is 36.7 Å². The highest BCUT2D eigenvalue weighted by atomic mass is 19.2. The quantitative estimate of drug-likeness (QED) is 0.870. The first-order valence-corrected chi connectivity index (χ1v) is 7.89. The maximum Gasteiger partial charge on any atom is 0.257 e. The highest BCUT2D eigenvalue weighted by Crippen LogP contribution is 2.15. The molecule has 0 fully saturated rings. The van der Waals surface area contributed by atoms with E-state index in [-0.39, 0.29) is 22.7 Å². The molecule has 0 spiro atoms. The predicted molar refractivity (Wildman–Crippen MR) is 90.4 cm³/mol. The Hall–Kier alpha value is -2.83. The average Bonchev–Trinajstić information content (AvgIpc) is 2.62. The molecule has 1 aromatic carbocycles. The summed E-state index contributed by atoms with van der Waals surface area (Å²) in [4.78, 5) is 30.1. The lowest BCUT2D eigenvalue weighted by atomic mass is 10.1. The Bertz CT molecular complexity index is 781. The van der Waals surface area contributed by atoms with Gasteiger partial charge < -0.3 is 10.2 Å². The first-order valence-electron chi connectivity index (χ1n) is 7.89. The van der Waals surface area contributed by atoms with Crippen LogP contribution in [0.2, 0.25) is 0 Å². The number of benzene rings is 1. The Morgan fingerprint density at radius 3 is 2.52 bits per heavy atom. The van der Waals surface area contributed by atoms with Gasteiger partial charge >= 0.3 is 0 Å². The molecule has 1 aromatic heterocycles. The number of nitrogens with zero attached hydrogens (tertiary/aromatic N) is 2. The zero-order valence-electron chi connectivity index (χ0n) is 14.1. The number of rotatable bonds is 6. The fourth-order valence-corrected chi connectivity index (χ4v) is 2.18. The van der Waals surface area contributed by atoms with E-state index >= 15 is 0 Å². The SMILES string of the molecule is CCCCN(C)C(=O)c1cncc(C(=O)Nc2ccc(F)c(F)c2)c1. The molecule has 132 valence electrons. The molecule has 5 nitrogen and oxygen atoms in total. The minimum absolute atomic E-state index is 0.112. The summed E-state index contributed by atoms with van der Waals surface area (Å²) in [5, 5.41) is 2.45. The van der Waals surface area contributed by atoms with E-state index in [0.717, 1.165) is 25.0 Å². The zero-order chi connectivity index (χ0) is 18.4. The van der Waals surface area contributed by atoms with Crippen molar-refractivity contribution in [3.05, 3.63) is 59.4 Å². The van der Waals surface area contributed by atoms with Gasteiger partial charge in [-0.25, -0.2) is 8.78 Å². The largest absolute Gasteiger partial charge is 0.342 e. The lowest BCUT2D eigenvalue weighted by Crippen LogP contribution is -2.28. The van der Waals surface area contributed by atoms with Gasteiger partial charge in [-0.2, -0.15) is 0 Å². The van der Waals surface area contributed by atoms with E-state index in [4.69, 9.17) is 0 Å². The van der Waals surface area contributed by atoms with E-state index in [1.165, 1.54) is 24.5 Å². The number of pyridine rings is 1. The molecule has 1 N–H and O–H groups in total. The zero-order valence-corrected chi connectivity index (χ0v) is 14.1. The lowest BCUT2D eigenvalue weighted by molar-refractivity contribution is 0.0793. The molecule has 7 heteroatoms. The number of nitrogens with one attached hydrogen (secondary N) is 1. The fourth-order valence-electron chi connectivity index (χ4n) is 2.18. The van der Waals surface area contributed by atoms with Crippen LogP contribution in [0, 0.1) is 11.6 Å². The van der Waals surface area contributed by atoms with E-state index in [1.807, 2.05) is 6.92 Å². The summed E-state index contributed by atoms with van der Waals surface area (Å²) in [5.74, 6) is -2.85. The summed E-state index contributed by atoms with van der Waals surface area (Å²) in [6.45, 7) is 2.64. The summed E-state index contributed by atoms with van der Waals surface area (Å²) in [6.07, 6.45) is 4.54. The number of carbonyl (C=O) groups is 2. The van der Waals surface area contributed by atoms with E-state index in [0.29, 0.717) is 6.54 Å². The van der Waals surface area contributed by atoms with Gasteiger partial charge in [0.15, 0.2) is 11.6 Å². The van der Waals surface area contributed by atoms with Gasteiger partial charge in [0.1, 0.15) is 0 Å². The van der Waals surface area contributed by atoms with Crippen molar-refractivity contribution in [2.75, 3.05) is 18.9 Å². The van der Waals surface area contributed by atoms with Crippen molar-refractivity contribution in [3.63, 3.8) is 0 Å². The van der Waals surface area contributed by atoms with Crippen LogP contribution in [-0.2, 0) is 0 Å². The minimum Gasteiger partial charge on any atom is -0.342 e. The summed E-state index contributed by atoms with van der Waals surface area (Å²) in [6, 6.07) is 4.48. The summed E-state index contributed by atoms with van der Waals surface area (Å²) >= 11 is 0. The van der Waals surface area contributed by atoms with Crippen LogP contribution in [0.3, 0.4) is 0 Å². The third kappa shape index (κ3) is 4.82. The highest BCUT2D eigenvalue weighted by molar-refractivity contribution is 6.05. The second-order valence-corrected chi connectivity index (χ2v) is 5.63. The third-order valence-corrected chi connectivity index (χ3v) is 3.62. The molecule has 2 rings (SSSR count). The predicted octanol–water partition coefficient (Wildman–Crippen LogP) is 3.48. The monoisotopic (exact) mass is 347 g/mol. The van der Waals surface area contributed by atoms with Crippen molar-refractivity contribution in [2.45, 2.75) is 19.8 Å². The van der Waals surface area contributed by atoms with Crippen LogP contribution in [0.25, 0.3) is 0 Å². The molecule has 0 aliphatic rings. The molecule has 0 radical (unpaired) electrons. The molecule has 0 saturated heterocycles. The normalized spacial score (nSPS) is 10.4. The fraction of sp³-hybridized carbons (Fsp3) is 0.278. The van der Waals surface area contributed by atoms with E-state index in [9.17, 15) is 18.4 Å². The maximum atomic E-state index is 13.2. The molecule has 0 aliphatic carbocycles. The molecule has 0 saturated carbocycles. The molecule has 25 heavy (non-hydrogen) atoms. The van der Waals surface area contributed by atoms with Crippen LogP contribution in [0.4, 0.5) is 14.5 Å². The van der Waals surface area contributed by atoms with Gasteiger partial charge in [-0.05, 0) is 24.6 Å². The molecular weight excluding hydrogens is 328 g/mol. The summed E-state index contributed by atoms with van der Waals surface area (Å²) in [5.41, 5.74) is 0.553. The maximum absolute atomic E-state index is 13.2. The Kier molecular flexibility index (Phi) is 6.16. The van der Waals surface area contributed by atoms with Crippen molar-refractivity contribution in [1.82, 2.24) is 9.88 Å². The first kappa shape index (κ1) is 18.5. The average molecular weight is 347 g/mol. The van der Waals surface area contributed by atoms with Gasteiger partial charge in [0.05, 0.1) is 11.1 Å². The number of carbonyl (C=O) groups excluding carboxylic acids is 2. The lowest BCUT2D eigenvalue weighted by Gasteiger charge is -2.16. The van der Waals surface area contributed by atoms with Crippen molar-refractivity contribution in [1.29, 1.82) is 0 Å². The number of anilines is 1. The Labute approximate surface area is 144 Å². The number of hydrogen-bond acceptors (Lipinski definition) is 3. The molecule has 2 aromatic rings. The molecule has 0 atom stereocenters.